The standard InChI is InChI=1S/C18H26FN3O3/c19-15-3-1-14(2-4-15)17(22-6-9-24-10-7-22)12-21-18(23)11-16-13-25-8-5-20-16/h1-4,16-17,20H,5-13H2,(H,21,23). The first-order chi connectivity index (χ1) is 12.2. The Hall–Kier alpha value is -1.54. The highest BCUT2D eigenvalue weighted by molar-refractivity contribution is 5.76. The number of ether oxygens (including phenoxy) is 2. The summed E-state index contributed by atoms with van der Waals surface area (Å²) in [6.45, 7) is 5.50. The molecule has 7 heteroatoms. The molecule has 2 aliphatic rings. The summed E-state index contributed by atoms with van der Waals surface area (Å²) >= 11 is 0. The third-order valence-electron chi connectivity index (χ3n) is 4.66. The van der Waals surface area contributed by atoms with E-state index in [0.29, 0.717) is 39.4 Å². The third kappa shape index (κ3) is 5.47. The molecule has 138 valence electrons. The zero-order valence-corrected chi connectivity index (χ0v) is 14.4. The van der Waals surface area contributed by atoms with Crippen molar-refractivity contribution in [3.8, 4) is 0 Å². The minimum Gasteiger partial charge on any atom is -0.379 e. The van der Waals surface area contributed by atoms with Gasteiger partial charge in [-0.2, -0.15) is 0 Å². The Bertz CT molecular complexity index is 543. The van der Waals surface area contributed by atoms with E-state index in [0.717, 1.165) is 25.2 Å². The van der Waals surface area contributed by atoms with Crippen LogP contribution in [0.3, 0.4) is 0 Å². The molecule has 1 aromatic rings. The summed E-state index contributed by atoms with van der Waals surface area (Å²) in [6, 6.07) is 6.60. The molecule has 0 saturated carbocycles. The van der Waals surface area contributed by atoms with E-state index >= 15 is 0 Å². The molecule has 2 N–H and O–H groups in total. The number of carbonyl (C=O) groups excluding carboxylic acids is 1. The van der Waals surface area contributed by atoms with Crippen LogP contribution >= 0.6 is 0 Å². The van der Waals surface area contributed by atoms with Crippen LogP contribution in [0.2, 0.25) is 0 Å². The van der Waals surface area contributed by atoms with Crippen LogP contribution < -0.4 is 10.6 Å². The van der Waals surface area contributed by atoms with Crippen molar-refractivity contribution in [3.63, 3.8) is 0 Å². The van der Waals surface area contributed by atoms with Gasteiger partial charge in [0.15, 0.2) is 0 Å². The second-order valence-corrected chi connectivity index (χ2v) is 6.45. The molecule has 0 bridgehead atoms. The predicted octanol–water partition coefficient (Wildman–Crippen LogP) is 0.694. The molecule has 6 nitrogen and oxygen atoms in total. The first-order valence-electron chi connectivity index (χ1n) is 8.87. The molecule has 0 spiro atoms. The third-order valence-corrected chi connectivity index (χ3v) is 4.66. The average Bonchev–Trinajstić information content (AvgIpc) is 2.65. The molecule has 2 atom stereocenters. The molecule has 2 unspecified atom stereocenters. The molecule has 1 aromatic carbocycles. The van der Waals surface area contributed by atoms with Crippen molar-refractivity contribution in [2.45, 2.75) is 18.5 Å². The molecule has 2 saturated heterocycles. The summed E-state index contributed by atoms with van der Waals surface area (Å²) in [4.78, 5) is 14.6. The topological polar surface area (TPSA) is 62.8 Å². The van der Waals surface area contributed by atoms with Gasteiger partial charge < -0.3 is 20.1 Å². The van der Waals surface area contributed by atoms with Gasteiger partial charge in [0.05, 0.1) is 32.5 Å². The lowest BCUT2D eigenvalue weighted by molar-refractivity contribution is -0.122. The Morgan fingerprint density at radius 2 is 2.00 bits per heavy atom. The Morgan fingerprint density at radius 1 is 1.24 bits per heavy atom. The lowest BCUT2D eigenvalue weighted by atomic mass is 10.0. The monoisotopic (exact) mass is 351 g/mol. The summed E-state index contributed by atoms with van der Waals surface area (Å²) in [6.07, 6.45) is 0.402. The van der Waals surface area contributed by atoms with Gasteiger partial charge >= 0.3 is 0 Å². The van der Waals surface area contributed by atoms with Crippen LogP contribution in [0, 0.1) is 5.82 Å². The summed E-state index contributed by atoms with van der Waals surface area (Å²) < 4.78 is 24.0. The van der Waals surface area contributed by atoms with Crippen molar-refractivity contribution in [3.05, 3.63) is 35.6 Å². The first-order valence-corrected chi connectivity index (χ1v) is 8.87. The maximum atomic E-state index is 13.2. The molecule has 2 fully saturated rings. The Balaban J connectivity index is 1.58. The summed E-state index contributed by atoms with van der Waals surface area (Å²) in [5.41, 5.74) is 1.00. The lowest BCUT2D eigenvalue weighted by Gasteiger charge is -2.35. The van der Waals surface area contributed by atoms with Crippen LogP contribution in [-0.4, -0.2) is 69.5 Å². The fraction of sp³-hybridized carbons (Fsp3) is 0.611. The maximum absolute atomic E-state index is 13.2. The van der Waals surface area contributed by atoms with E-state index in [-0.39, 0.29) is 23.8 Å². The quantitative estimate of drug-likeness (QED) is 0.790. The molecule has 25 heavy (non-hydrogen) atoms. The fourth-order valence-corrected chi connectivity index (χ4v) is 3.29. The van der Waals surface area contributed by atoms with Crippen molar-refractivity contribution in [1.29, 1.82) is 0 Å². The number of morpholine rings is 2. The van der Waals surface area contributed by atoms with Crippen molar-refractivity contribution < 1.29 is 18.7 Å². The number of hydrogen-bond acceptors (Lipinski definition) is 5. The van der Waals surface area contributed by atoms with E-state index in [2.05, 4.69) is 15.5 Å². The van der Waals surface area contributed by atoms with Crippen LogP contribution in [-0.2, 0) is 14.3 Å². The highest BCUT2D eigenvalue weighted by Gasteiger charge is 2.24. The second kappa shape index (κ2) is 9.24. The van der Waals surface area contributed by atoms with Crippen LogP contribution in [0.5, 0.6) is 0 Å². The number of rotatable bonds is 6. The van der Waals surface area contributed by atoms with E-state index in [1.807, 2.05) is 0 Å². The zero-order chi connectivity index (χ0) is 17.5. The zero-order valence-electron chi connectivity index (χ0n) is 14.4. The van der Waals surface area contributed by atoms with Crippen molar-refractivity contribution in [2.75, 3.05) is 52.6 Å². The number of halogens is 1. The van der Waals surface area contributed by atoms with Gasteiger partial charge in [-0.25, -0.2) is 4.39 Å². The Kier molecular flexibility index (Phi) is 6.75. The van der Waals surface area contributed by atoms with Gasteiger partial charge in [-0.05, 0) is 17.7 Å². The number of benzene rings is 1. The van der Waals surface area contributed by atoms with Crippen LogP contribution in [0.25, 0.3) is 0 Å². The lowest BCUT2D eigenvalue weighted by Crippen LogP contribution is -2.46. The van der Waals surface area contributed by atoms with Gasteiger partial charge in [0.25, 0.3) is 0 Å². The number of nitrogens with one attached hydrogen (secondary N) is 2. The van der Waals surface area contributed by atoms with Gasteiger partial charge in [0.2, 0.25) is 5.91 Å². The Labute approximate surface area is 147 Å². The normalized spacial score (nSPS) is 23.2. The van der Waals surface area contributed by atoms with E-state index in [9.17, 15) is 9.18 Å². The average molecular weight is 351 g/mol. The van der Waals surface area contributed by atoms with Gasteiger partial charge in [-0.15, -0.1) is 0 Å². The smallest absolute Gasteiger partial charge is 0.221 e. The summed E-state index contributed by atoms with van der Waals surface area (Å²) in [7, 11) is 0. The van der Waals surface area contributed by atoms with Crippen LogP contribution in [0.4, 0.5) is 4.39 Å². The minimum atomic E-state index is -0.253. The summed E-state index contributed by atoms with van der Waals surface area (Å²) in [5, 5.41) is 6.31. The SMILES string of the molecule is O=C(CC1COCCN1)NCC(c1ccc(F)cc1)N1CCOCC1. The van der Waals surface area contributed by atoms with E-state index in [4.69, 9.17) is 9.47 Å². The molecule has 0 aromatic heterocycles. The van der Waals surface area contributed by atoms with Crippen LogP contribution in [0.15, 0.2) is 24.3 Å². The molecule has 2 aliphatic heterocycles. The molecule has 2 heterocycles. The van der Waals surface area contributed by atoms with Crippen LogP contribution in [0.1, 0.15) is 18.0 Å². The number of nitrogens with zero attached hydrogens (tertiary/aromatic N) is 1. The van der Waals surface area contributed by atoms with Crippen molar-refractivity contribution >= 4 is 5.91 Å². The molecule has 1 amide bonds. The molecule has 3 rings (SSSR count). The second-order valence-electron chi connectivity index (χ2n) is 6.45. The van der Waals surface area contributed by atoms with E-state index in [1.165, 1.54) is 12.1 Å². The number of amides is 1. The predicted molar refractivity (Wildman–Crippen MR) is 91.8 cm³/mol. The van der Waals surface area contributed by atoms with Gasteiger partial charge in [0, 0.05) is 38.6 Å². The van der Waals surface area contributed by atoms with Crippen molar-refractivity contribution in [2.24, 2.45) is 0 Å². The van der Waals surface area contributed by atoms with Gasteiger partial charge in [-0.3, -0.25) is 9.69 Å². The first kappa shape index (κ1) is 18.3. The Morgan fingerprint density at radius 3 is 2.68 bits per heavy atom. The largest absolute Gasteiger partial charge is 0.379 e. The number of hydrogen-bond donors (Lipinski definition) is 2. The molecule has 0 aliphatic carbocycles. The number of carbonyl (C=O) groups is 1. The molecular weight excluding hydrogens is 325 g/mol. The highest BCUT2D eigenvalue weighted by atomic mass is 19.1. The summed E-state index contributed by atoms with van der Waals surface area (Å²) in [5.74, 6) is -0.250. The van der Waals surface area contributed by atoms with Crippen molar-refractivity contribution in [1.82, 2.24) is 15.5 Å². The molecule has 0 radical (unpaired) electrons. The minimum absolute atomic E-state index is 0.00312. The van der Waals surface area contributed by atoms with E-state index < -0.39 is 0 Å². The van der Waals surface area contributed by atoms with Gasteiger partial charge in [-0.1, -0.05) is 12.1 Å². The van der Waals surface area contributed by atoms with Gasteiger partial charge in [0.1, 0.15) is 5.82 Å². The van der Waals surface area contributed by atoms with E-state index in [1.54, 1.807) is 12.1 Å². The molecular formula is C18H26FN3O3. The maximum Gasteiger partial charge on any atom is 0.221 e. The highest BCUT2D eigenvalue weighted by Crippen LogP contribution is 2.21. The fourth-order valence-electron chi connectivity index (χ4n) is 3.29.